The maximum atomic E-state index is 13.0. The minimum Gasteiger partial charge on any atom is -0.507 e. The van der Waals surface area contributed by atoms with Crippen molar-refractivity contribution in [2.75, 3.05) is 6.61 Å². The highest BCUT2D eigenvalue weighted by Crippen LogP contribution is 2.47. The van der Waals surface area contributed by atoms with Gasteiger partial charge in [0, 0.05) is 35.6 Å². The van der Waals surface area contributed by atoms with Crippen LogP contribution in [0.15, 0.2) is 24.3 Å². The Balaban J connectivity index is 1.82. The van der Waals surface area contributed by atoms with Crippen molar-refractivity contribution in [3.05, 3.63) is 57.6 Å². The second-order valence-corrected chi connectivity index (χ2v) is 7.52. The zero-order valence-corrected chi connectivity index (χ0v) is 16.0. The third-order valence-electron chi connectivity index (χ3n) is 5.71. The Hall–Kier alpha value is -3.52. The van der Waals surface area contributed by atoms with Crippen LogP contribution in [-0.4, -0.2) is 50.8 Å². The lowest BCUT2D eigenvalue weighted by molar-refractivity contribution is -0.153. The summed E-state index contributed by atoms with van der Waals surface area (Å²) in [6.07, 6.45) is -0.518. The third-order valence-corrected chi connectivity index (χ3v) is 5.71. The molecule has 0 unspecified atom stereocenters. The number of hydrogen-bond donors (Lipinski definition) is 3. The molecular weight excluding hydrogens is 392 g/mol. The van der Waals surface area contributed by atoms with E-state index in [-0.39, 0.29) is 46.2 Å². The number of ether oxygens (including phenoxy) is 1. The van der Waals surface area contributed by atoms with Crippen LogP contribution in [0.2, 0.25) is 0 Å². The van der Waals surface area contributed by atoms with Gasteiger partial charge in [0.25, 0.3) is 0 Å². The van der Waals surface area contributed by atoms with Crippen LogP contribution in [0.25, 0.3) is 0 Å². The predicted octanol–water partition coefficient (Wildman–Crippen LogP) is 1.23. The van der Waals surface area contributed by atoms with E-state index in [1.807, 2.05) is 0 Å². The number of rotatable bonds is 3. The number of carbonyl (C=O) groups excluding carboxylic acids is 4. The molecular formula is C22H18O8. The Bertz CT molecular complexity index is 1150. The molecule has 0 amide bonds. The van der Waals surface area contributed by atoms with Crippen LogP contribution in [0.5, 0.6) is 11.5 Å². The number of carbonyl (C=O) groups is 4. The number of benzene rings is 2. The van der Waals surface area contributed by atoms with Crippen molar-refractivity contribution in [2.45, 2.75) is 31.8 Å². The lowest BCUT2D eigenvalue weighted by atomic mass is 9.73. The molecule has 0 radical (unpaired) electrons. The SMILES string of the molecule is CC(=O)OCC(=O)[C@@]1(O)CCc2c(O)c3c(c(O)c2C1)C(=O)c1ccccc1C3=O. The summed E-state index contributed by atoms with van der Waals surface area (Å²) in [7, 11) is 0. The average molecular weight is 410 g/mol. The second kappa shape index (κ2) is 6.77. The van der Waals surface area contributed by atoms with Gasteiger partial charge in [-0.25, -0.2) is 0 Å². The van der Waals surface area contributed by atoms with Crippen LogP contribution in [0.4, 0.5) is 0 Å². The number of aliphatic hydroxyl groups is 1. The molecule has 0 saturated heterocycles. The summed E-state index contributed by atoms with van der Waals surface area (Å²) in [5.74, 6) is -3.61. The van der Waals surface area contributed by atoms with Gasteiger partial charge in [-0.1, -0.05) is 24.3 Å². The van der Waals surface area contributed by atoms with Gasteiger partial charge < -0.3 is 20.1 Å². The van der Waals surface area contributed by atoms with E-state index in [4.69, 9.17) is 0 Å². The van der Waals surface area contributed by atoms with Crippen molar-refractivity contribution in [1.82, 2.24) is 0 Å². The number of aromatic hydroxyl groups is 2. The van der Waals surface area contributed by atoms with Crippen LogP contribution < -0.4 is 0 Å². The van der Waals surface area contributed by atoms with Crippen molar-refractivity contribution in [3.63, 3.8) is 0 Å². The molecule has 8 nitrogen and oxygen atoms in total. The van der Waals surface area contributed by atoms with E-state index < -0.39 is 53.4 Å². The van der Waals surface area contributed by atoms with E-state index >= 15 is 0 Å². The van der Waals surface area contributed by atoms with E-state index in [1.54, 1.807) is 12.1 Å². The van der Waals surface area contributed by atoms with Crippen molar-refractivity contribution in [2.24, 2.45) is 0 Å². The van der Waals surface area contributed by atoms with Gasteiger partial charge in [0.15, 0.2) is 18.2 Å². The number of ketones is 3. The fraction of sp³-hybridized carbons (Fsp3) is 0.273. The highest BCUT2D eigenvalue weighted by Gasteiger charge is 2.45. The number of esters is 1. The number of phenols is 2. The fourth-order valence-corrected chi connectivity index (χ4v) is 4.13. The third kappa shape index (κ3) is 2.80. The van der Waals surface area contributed by atoms with Gasteiger partial charge in [0.2, 0.25) is 5.78 Å². The standard InChI is InChI=1S/C22H18O8/c1-10(23)30-9-15(24)22(29)7-6-13-14(8-22)21(28)17-16(20(13)27)18(25)11-4-2-3-5-12(11)19(17)26/h2-5,27-29H,6-9H2,1H3/t22-/m1/s1. The van der Waals surface area contributed by atoms with E-state index in [0.717, 1.165) is 6.92 Å². The normalized spacial score (nSPS) is 19.5. The van der Waals surface area contributed by atoms with Crippen LogP contribution >= 0.6 is 0 Å². The number of Topliss-reactive ketones (excluding diaryl/α,β-unsaturated/α-hetero) is 1. The molecule has 0 aromatic heterocycles. The van der Waals surface area contributed by atoms with Crippen LogP contribution in [0, 0.1) is 0 Å². The quantitative estimate of drug-likeness (QED) is 0.433. The zero-order valence-electron chi connectivity index (χ0n) is 16.0. The van der Waals surface area contributed by atoms with Gasteiger partial charge in [-0.05, 0) is 12.8 Å². The first-order valence-corrected chi connectivity index (χ1v) is 9.33. The van der Waals surface area contributed by atoms with E-state index in [9.17, 15) is 34.5 Å². The van der Waals surface area contributed by atoms with Crippen LogP contribution in [-0.2, 0) is 27.2 Å². The summed E-state index contributed by atoms with van der Waals surface area (Å²) < 4.78 is 4.67. The van der Waals surface area contributed by atoms with Crippen LogP contribution in [0.1, 0.15) is 56.3 Å². The van der Waals surface area contributed by atoms with Gasteiger partial charge in [-0.15, -0.1) is 0 Å². The van der Waals surface area contributed by atoms with Crippen molar-refractivity contribution in [1.29, 1.82) is 0 Å². The molecule has 2 aromatic carbocycles. The Morgan fingerprint density at radius 3 is 2.07 bits per heavy atom. The Labute approximate surface area is 170 Å². The van der Waals surface area contributed by atoms with Crippen molar-refractivity contribution >= 4 is 23.3 Å². The lowest BCUT2D eigenvalue weighted by Crippen LogP contribution is -2.46. The molecule has 0 saturated carbocycles. The molecule has 8 heteroatoms. The second-order valence-electron chi connectivity index (χ2n) is 7.52. The summed E-state index contributed by atoms with van der Waals surface area (Å²) in [4.78, 5) is 49.3. The highest BCUT2D eigenvalue weighted by molar-refractivity contribution is 6.30. The molecule has 2 aliphatic carbocycles. The van der Waals surface area contributed by atoms with E-state index in [2.05, 4.69) is 4.74 Å². The minimum atomic E-state index is -1.94. The van der Waals surface area contributed by atoms with Crippen molar-refractivity contribution in [3.8, 4) is 11.5 Å². The number of phenolic OH excluding ortho intramolecular Hbond substituents is 2. The average Bonchev–Trinajstić information content (AvgIpc) is 2.72. The number of fused-ring (bicyclic) bond motifs is 3. The van der Waals surface area contributed by atoms with Gasteiger partial charge in [0.1, 0.15) is 17.1 Å². The number of hydrogen-bond acceptors (Lipinski definition) is 8. The first kappa shape index (κ1) is 19.8. The molecule has 30 heavy (non-hydrogen) atoms. The first-order valence-electron chi connectivity index (χ1n) is 9.33. The molecule has 4 rings (SSSR count). The molecule has 154 valence electrons. The zero-order chi connectivity index (χ0) is 21.8. The summed E-state index contributed by atoms with van der Waals surface area (Å²) in [5.41, 5.74) is -2.10. The lowest BCUT2D eigenvalue weighted by Gasteiger charge is -2.34. The van der Waals surface area contributed by atoms with E-state index in [1.165, 1.54) is 12.1 Å². The van der Waals surface area contributed by atoms with Gasteiger partial charge in [-0.2, -0.15) is 0 Å². The summed E-state index contributed by atoms with van der Waals surface area (Å²) >= 11 is 0. The van der Waals surface area contributed by atoms with Gasteiger partial charge in [-0.3, -0.25) is 19.2 Å². The summed E-state index contributed by atoms with van der Waals surface area (Å²) in [5, 5.41) is 32.5. The highest BCUT2D eigenvalue weighted by atomic mass is 16.5. The Morgan fingerprint density at radius 1 is 1.00 bits per heavy atom. The maximum Gasteiger partial charge on any atom is 0.303 e. The minimum absolute atomic E-state index is 0.0204. The molecule has 0 aliphatic heterocycles. The largest absolute Gasteiger partial charge is 0.507 e. The molecule has 0 spiro atoms. The summed E-state index contributed by atoms with van der Waals surface area (Å²) in [6.45, 7) is 0.494. The van der Waals surface area contributed by atoms with Gasteiger partial charge in [0.05, 0.1) is 11.1 Å². The Morgan fingerprint density at radius 2 is 1.53 bits per heavy atom. The molecule has 3 N–H and O–H groups in total. The van der Waals surface area contributed by atoms with Gasteiger partial charge >= 0.3 is 5.97 Å². The topological polar surface area (TPSA) is 138 Å². The molecule has 2 aromatic rings. The predicted molar refractivity (Wildman–Crippen MR) is 102 cm³/mol. The maximum absolute atomic E-state index is 13.0. The van der Waals surface area contributed by atoms with Crippen molar-refractivity contribution < 1.29 is 39.2 Å². The monoisotopic (exact) mass is 410 g/mol. The first-order chi connectivity index (χ1) is 14.2. The van der Waals surface area contributed by atoms with E-state index in [0.29, 0.717) is 0 Å². The Kier molecular flexibility index (Phi) is 4.47. The molecule has 0 heterocycles. The molecule has 1 atom stereocenters. The summed E-state index contributed by atoms with van der Waals surface area (Å²) in [6, 6.07) is 6.10. The molecule has 0 fully saturated rings. The van der Waals surface area contributed by atoms with Crippen LogP contribution in [0.3, 0.4) is 0 Å². The fourth-order valence-electron chi connectivity index (χ4n) is 4.13. The molecule has 0 bridgehead atoms. The molecule has 2 aliphatic rings. The smallest absolute Gasteiger partial charge is 0.303 e.